The van der Waals surface area contributed by atoms with Gasteiger partial charge in [-0.3, -0.25) is 4.79 Å². The second-order valence-corrected chi connectivity index (χ2v) is 5.54. The average molecular weight is 240 g/mol. The highest BCUT2D eigenvalue weighted by Crippen LogP contribution is 2.34. The molecule has 2 fully saturated rings. The number of amides is 1. The molecule has 1 amide bonds. The van der Waals surface area contributed by atoms with Crippen LogP contribution in [0.2, 0.25) is 0 Å². The Labute approximate surface area is 103 Å². The molecule has 4 heteroatoms. The molecule has 3 N–H and O–H groups in total. The largest absolute Gasteiger partial charge is 0.381 e. The minimum Gasteiger partial charge on any atom is -0.381 e. The molecule has 0 aromatic heterocycles. The Morgan fingerprint density at radius 3 is 2.71 bits per heavy atom. The number of hydrogen-bond donors (Lipinski definition) is 2. The van der Waals surface area contributed by atoms with E-state index < -0.39 is 0 Å². The zero-order valence-electron chi connectivity index (χ0n) is 10.5. The molecule has 0 spiro atoms. The van der Waals surface area contributed by atoms with Crippen LogP contribution >= 0.6 is 0 Å². The third-order valence-electron chi connectivity index (χ3n) is 4.29. The molecule has 1 aliphatic carbocycles. The summed E-state index contributed by atoms with van der Waals surface area (Å²) in [7, 11) is 0. The number of nitrogens with one attached hydrogen (secondary N) is 1. The molecule has 0 bridgehead atoms. The van der Waals surface area contributed by atoms with Crippen LogP contribution in [0.15, 0.2) is 0 Å². The van der Waals surface area contributed by atoms with Crippen LogP contribution in [-0.2, 0) is 9.53 Å². The maximum Gasteiger partial charge on any atom is 0.225 e. The van der Waals surface area contributed by atoms with Crippen molar-refractivity contribution in [2.45, 2.75) is 38.5 Å². The molecule has 1 saturated heterocycles. The van der Waals surface area contributed by atoms with Gasteiger partial charge in [0.25, 0.3) is 0 Å². The van der Waals surface area contributed by atoms with Crippen LogP contribution in [0, 0.1) is 11.3 Å². The quantitative estimate of drug-likeness (QED) is 0.772. The highest BCUT2D eigenvalue weighted by atomic mass is 16.5. The molecular weight excluding hydrogens is 216 g/mol. The van der Waals surface area contributed by atoms with Crippen LogP contribution in [-0.4, -0.2) is 32.2 Å². The Kier molecular flexibility index (Phi) is 4.40. The van der Waals surface area contributed by atoms with Gasteiger partial charge in [0.2, 0.25) is 5.91 Å². The van der Waals surface area contributed by atoms with Gasteiger partial charge in [-0.25, -0.2) is 0 Å². The zero-order valence-corrected chi connectivity index (χ0v) is 10.5. The first kappa shape index (κ1) is 12.8. The number of carbonyl (C=O) groups is 1. The first-order valence-corrected chi connectivity index (χ1v) is 6.81. The first-order chi connectivity index (χ1) is 8.26. The summed E-state index contributed by atoms with van der Waals surface area (Å²) in [5.41, 5.74) is 6.06. The average Bonchev–Trinajstić information content (AvgIpc) is 2.91. The summed E-state index contributed by atoms with van der Waals surface area (Å²) in [5, 5.41) is 3.09. The van der Waals surface area contributed by atoms with Gasteiger partial charge in [-0.05, 0) is 31.2 Å². The lowest BCUT2D eigenvalue weighted by atomic mass is 9.74. The van der Waals surface area contributed by atoms with E-state index in [1.54, 1.807) is 0 Å². The molecule has 98 valence electrons. The molecule has 2 rings (SSSR count). The van der Waals surface area contributed by atoms with E-state index in [0.29, 0.717) is 13.2 Å². The van der Waals surface area contributed by atoms with E-state index in [4.69, 9.17) is 10.5 Å². The molecule has 0 aromatic carbocycles. The number of carbonyl (C=O) groups excluding carboxylic acids is 1. The Morgan fingerprint density at radius 1 is 1.35 bits per heavy atom. The minimum absolute atomic E-state index is 0.0633. The van der Waals surface area contributed by atoms with Crippen molar-refractivity contribution in [2.24, 2.45) is 17.1 Å². The van der Waals surface area contributed by atoms with E-state index in [2.05, 4.69) is 5.32 Å². The van der Waals surface area contributed by atoms with Crippen molar-refractivity contribution < 1.29 is 9.53 Å². The first-order valence-electron chi connectivity index (χ1n) is 6.81. The Balaban J connectivity index is 1.80. The van der Waals surface area contributed by atoms with Crippen molar-refractivity contribution in [2.75, 3.05) is 26.3 Å². The Hall–Kier alpha value is -0.610. The maximum atomic E-state index is 11.9. The highest BCUT2D eigenvalue weighted by Gasteiger charge is 2.32. The summed E-state index contributed by atoms with van der Waals surface area (Å²) in [6, 6.07) is 0. The fourth-order valence-electron chi connectivity index (χ4n) is 2.92. The molecule has 1 aliphatic heterocycles. The fraction of sp³-hybridized carbons (Fsp3) is 0.923. The number of ether oxygens (including phenoxy) is 1. The third kappa shape index (κ3) is 3.19. The Morgan fingerprint density at radius 2 is 2.12 bits per heavy atom. The van der Waals surface area contributed by atoms with E-state index in [1.807, 2.05) is 0 Å². The van der Waals surface area contributed by atoms with Gasteiger partial charge < -0.3 is 15.8 Å². The number of nitrogens with two attached hydrogens (primary N) is 1. The van der Waals surface area contributed by atoms with Gasteiger partial charge in [-0.1, -0.05) is 19.3 Å². The van der Waals surface area contributed by atoms with Crippen molar-refractivity contribution in [1.29, 1.82) is 0 Å². The van der Waals surface area contributed by atoms with Gasteiger partial charge in [0, 0.05) is 13.2 Å². The van der Waals surface area contributed by atoms with Gasteiger partial charge in [0.15, 0.2) is 0 Å². The molecule has 17 heavy (non-hydrogen) atoms. The van der Waals surface area contributed by atoms with Crippen molar-refractivity contribution in [1.82, 2.24) is 5.32 Å². The normalized spacial score (nSPS) is 27.9. The highest BCUT2D eigenvalue weighted by molar-refractivity contribution is 5.79. The van der Waals surface area contributed by atoms with Crippen LogP contribution in [0.5, 0.6) is 0 Å². The topological polar surface area (TPSA) is 64.3 Å². The lowest BCUT2D eigenvalue weighted by Gasteiger charge is -2.36. The van der Waals surface area contributed by atoms with Gasteiger partial charge in [0.1, 0.15) is 0 Å². The summed E-state index contributed by atoms with van der Waals surface area (Å²) < 4.78 is 5.24. The van der Waals surface area contributed by atoms with Gasteiger partial charge in [-0.15, -0.1) is 0 Å². The van der Waals surface area contributed by atoms with Crippen molar-refractivity contribution >= 4 is 5.91 Å². The second kappa shape index (κ2) is 5.83. The monoisotopic (exact) mass is 240 g/mol. The van der Waals surface area contributed by atoms with Crippen LogP contribution in [0.25, 0.3) is 0 Å². The van der Waals surface area contributed by atoms with E-state index in [1.165, 1.54) is 19.3 Å². The standard InChI is InChI=1S/C13H24N2O2/c14-9-13(5-2-1-3-6-13)10-15-12(16)11-4-7-17-8-11/h11H,1-10,14H2,(H,15,16). The van der Waals surface area contributed by atoms with Crippen LogP contribution in [0.4, 0.5) is 0 Å². The second-order valence-electron chi connectivity index (χ2n) is 5.54. The van der Waals surface area contributed by atoms with E-state index in [-0.39, 0.29) is 17.2 Å². The van der Waals surface area contributed by atoms with Crippen LogP contribution in [0.1, 0.15) is 38.5 Å². The molecule has 4 nitrogen and oxygen atoms in total. The van der Waals surface area contributed by atoms with E-state index in [0.717, 1.165) is 32.4 Å². The molecule has 1 heterocycles. The molecule has 1 saturated carbocycles. The Bertz CT molecular complexity index is 256. The SMILES string of the molecule is NCC1(CNC(=O)C2CCOC2)CCCCC1. The van der Waals surface area contributed by atoms with Crippen LogP contribution < -0.4 is 11.1 Å². The predicted molar refractivity (Wildman–Crippen MR) is 66.5 cm³/mol. The molecular formula is C13H24N2O2. The zero-order chi connectivity index (χ0) is 12.1. The van der Waals surface area contributed by atoms with Crippen molar-refractivity contribution in [3.05, 3.63) is 0 Å². The lowest BCUT2D eigenvalue weighted by Crippen LogP contribution is -2.45. The van der Waals surface area contributed by atoms with Crippen molar-refractivity contribution in [3.63, 3.8) is 0 Å². The number of rotatable bonds is 4. The van der Waals surface area contributed by atoms with Gasteiger partial charge in [-0.2, -0.15) is 0 Å². The molecule has 1 unspecified atom stereocenters. The predicted octanol–water partition coefficient (Wildman–Crippen LogP) is 1.05. The summed E-state index contributed by atoms with van der Waals surface area (Å²) in [5.74, 6) is 0.217. The third-order valence-corrected chi connectivity index (χ3v) is 4.29. The minimum atomic E-state index is 0.0633. The summed E-state index contributed by atoms with van der Waals surface area (Å²) >= 11 is 0. The summed E-state index contributed by atoms with van der Waals surface area (Å²) in [4.78, 5) is 11.9. The van der Waals surface area contributed by atoms with Gasteiger partial charge >= 0.3 is 0 Å². The van der Waals surface area contributed by atoms with E-state index >= 15 is 0 Å². The molecule has 0 aromatic rings. The van der Waals surface area contributed by atoms with Crippen LogP contribution in [0.3, 0.4) is 0 Å². The maximum absolute atomic E-state index is 11.9. The number of hydrogen-bond acceptors (Lipinski definition) is 3. The summed E-state index contributed by atoms with van der Waals surface area (Å²) in [6.07, 6.45) is 6.99. The smallest absolute Gasteiger partial charge is 0.225 e. The molecule has 2 aliphatic rings. The molecule has 1 atom stereocenters. The fourth-order valence-corrected chi connectivity index (χ4v) is 2.92. The molecule has 0 radical (unpaired) electrons. The van der Waals surface area contributed by atoms with E-state index in [9.17, 15) is 4.79 Å². The van der Waals surface area contributed by atoms with Gasteiger partial charge in [0.05, 0.1) is 12.5 Å². The lowest BCUT2D eigenvalue weighted by molar-refractivity contribution is -0.125. The summed E-state index contributed by atoms with van der Waals surface area (Å²) in [6.45, 7) is 2.74. The van der Waals surface area contributed by atoms with Crippen molar-refractivity contribution in [3.8, 4) is 0 Å².